The van der Waals surface area contributed by atoms with Crippen LogP contribution in [0.4, 0.5) is 0 Å². The summed E-state index contributed by atoms with van der Waals surface area (Å²) in [6, 6.07) is 5.96. The highest BCUT2D eigenvalue weighted by Gasteiger charge is 2.19. The summed E-state index contributed by atoms with van der Waals surface area (Å²) in [7, 11) is 1.65. The van der Waals surface area contributed by atoms with Gasteiger partial charge in [0.2, 0.25) is 5.16 Å². The lowest BCUT2D eigenvalue weighted by atomic mass is 10.2. The van der Waals surface area contributed by atoms with Gasteiger partial charge in [0, 0.05) is 12.4 Å². The number of tetrazole rings is 1. The second-order valence-electron chi connectivity index (χ2n) is 4.99. The molecule has 1 aliphatic heterocycles. The lowest BCUT2D eigenvalue weighted by molar-refractivity contribution is 0.129. The molecule has 2 aromatic rings. The third kappa shape index (κ3) is 3.19. The minimum atomic E-state index is 0.305. The first-order valence-corrected chi connectivity index (χ1v) is 7.94. The summed E-state index contributed by atoms with van der Waals surface area (Å²) in [5.74, 6) is 1.63. The van der Waals surface area contributed by atoms with Crippen molar-refractivity contribution in [3.8, 4) is 11.4 Å². The molecule has 0 saturated carbocycles. The molecule has 0 unspecified atom stereocenters. The molecular weight excluding hydrogens is 288 g/mol. The van der Waals surface area contributed by atoms with Gasteiger partial charge in [-0.15, -0.1) is 5.10 Å². The van der Waals surface area contributed by atoms with Gasteiger partial charge in [0.15, 0.2) is 0 Å². The Morgan fingerprint density at radius 2 is 2.38 bits per heavy atom. The van der Waals surface area contributed by atoms with Crippen molar-refractivity contribution in [2.75, 3.05) is 19.5 Å². The van der Waals surface area contributed by atoms with Gasteiger partial charge in [0.25, 0.3) is 0 Å². The highest BCUT2D eigenvalue weighted by Crippen LogP contribution is 2.28. The number of thioether (sulfide) groups is 1. The van der Waals surface area contributed by atoms with Gasteiger partial charge < -0.3 is 9.47 Å². The molecule has 6 nitrogen and oxygen atoms in total. The average Bonchev–Trinajstić information content (AvgIpc) is 3.16. The van der Waals surface area contributed by atoms with Crippen LogP contribution in [-0.2, 0) is 4.74 Å². The highest BCUT2D eigenvalue weighted by molar-refractivity contribution is 7.99. The molecule has 0 radical (unpaired) electrons. The summed E-state index contributed by atoms with van der Waals surface area (Å²) in [5, 5.41) is 12.8. The standard InChI is InChI=1S/C14H18N4O2S/c1-10-5-6-13(19-2)12(8-10)18-14(15-16-17-18)21-9-11-4-3-7-20-11/h5-6,8,11H,3-4,7,9H2,1-2H3/t11-/m0/s1. The molecule has 1 fully saturated rings. The Labute approximate surface area is 127 Å². The van der Waals surface area contributed by atoms with E-state index in [0.29, 0.717) is 6.10 Å². The Hall–Kier alpha value is -1.60. The molecule has 1 aromatic heterocycles. The average molecular weight is 306 g/mol. The molecule has 0 N–H and O–H groups in total. The molecule has 0 amide bonds. The molecule has 0 spiro atoms. The first kappa shape index (κ1) is 14.3. The molecule has 0 aliphatic carbocycles. The number of hydrogen-bond donors (Lipinski definition) is 0. The quantitative estimate of drug-likeness (QED) is 0.790. The Balaban J connectivity index is 1.82. The van der Waals surface area contributed by atoms with Crippen LogP contribution in [-0.4, -0.2) is 45.8 Å². The molecule has 1 atom stereocenters. The fourth-order valence-corrected chi connectivity index (χ4v) is 3.28. The number of ether oxygens (including phenoxy) is 2. The third-order valence-corrected chi connectivity index (χ3v) is 4.48. The summed E-state index contributed by atoms with van der Waals surface area (Å²) < 4.78 is 12.8. The topological polar surface area (TPSA) is 62.1 Å². The molecule has 21 heavy (non-hydrogen) atoms. The largest absolute Gasteiger partial charge is 0.494 e. The molecule has 1 aliphatic rings. The van der Waals surface area contributed by atoms with Crippen LogP contribution in [0.5, 0.6) is 5.75 Å². The first-order chi connectivity index (χ1) is 10.3. The van der Waals surface area contributed by atoms with Crippen LogP contribution < -0.4 is 4.74 Å². The molecular formula is C14H18N4O2S. The maximum Gasteiger partial charge on any atom is 0.214 e. The fraction of sp³-hybridized carbons (Fsp3) is 0.500. The number of rotatable bonds is 5. The molecule has 0 bridgehead atoms. The van der Waals surface area contributed by atoms with Crippen molar-refractivity contribution < 1.29 is 9.47 Å². The van der Waals surface area contributed by atoms with Crippen molar-refractivity contribution in [2.45, 2.75) is 31.0 Å². The maximum atomic E-state index is 5.64. The molecule has 2 heterocycles. The van der Waals surface area contributed by atoms with E-state index in [-0.39, 0.29) is 0 Å². The maximum absolute atomic E-state index is 5.64. The fourth-order valence-electron chi connectivity index (χ4n) is 2.33. The van der Waals surface area contributed by atoms with E-state index in [0.717, 1.165) is 47.4 Å². The van der Waals surface area contributed by atoms with Crippen molar-refractivity contribution in [2.24, 2.45) is 0 Å². The minimum absolute atomic E-state index is 0.305. The van der Waals surface area contributed by atoms with E-state index < -0.39 is 0 Å². The van der Waals surface area contributed by atoms with Gasteiger partial charge in [-0.1, -0.05) is 17.8 Å². The van der Waals surface area contributed by atoms with Crippen LogP contribution in [0.3, 0.4) is 0 Å². The summed E-state index contributed by atoms with van der Waals surface area (Å²) in [6.45, 7) is 2.90. The normalized spacial score (nSPS) is 18.1. The van der Waals surface area contributed by atoms with E-state index in [4.69, 9.17) is 9.47 Å². The number of nitrogens with zero attached hydrogens (tertiary/aromatic N) is 4. The Morgan fingerprint density at radius 3 is 3.14 bits per heavy atom. The number of aryl methyl sites for hydroxylation is 1. The van der Waals surface area contributed by atoms with E-state index in [1.807, 2.05) is 25.1 Å². The van der Waals surface area contributed by atoms with Crippen LogP contribution in [0.25, 0.3) is 5.69 Å². The van der Waals surface area contributed by atoms with Crippen LogP contribution in [0.2, 0.25) is 0 Å². The van der Waals surface area contributed by atoms with E-state index in [9.17, 15) is 0 Å². The van der Waals surface area contributed by atoms with Crippen molar-refractivity contribution in [1.29, 1.82) is 0 Å². The molecule has 112 valence electrons. The predicted molar refractivity (Wildman–Crippen MR) is 80.1 cm³/mol. The molecule has 1 aromatic carbocycles. The second kappa shape index (κ2) is 6.44. The van der Waals surface area contributed by atoms with E-state index >= 15 is 0 Å². The Bertz CT molecular complexity index is 611. The first-order valence-electron chi connectivity index (χ1n) is 6.95. The van der Waals surface area contributed by atoms with Crippen LogP contribution in [0.1, 0.15) is 18.4 Å². The van der Waals surface area contributed by atoms with Gasteiger partial charge in [-0.05, 0) is 47.9 Å². The third-order valence-electron chi connectivity index (χ3n) is 3.43. The van der Waals surface area contributed by atoms with E-state index in [1.54, 1.807) is 23.6 Å². The van der Waals surface area contributed by atoms with Gasteiger partial charge in [-0.2, -0.15) is 4.68 Å². The van der Waals surface area contributed by atoms with Gasteiger partial charge in [0.05, 0.1) is 13.2 Å². The Morgan fingerprint density at radius 1 is 1.48 bits per heavy atom. The molecule has 1 saturated heterocycles. The number of methoxy groups -OCH3 is 1. The Kier molecular flexibility index (Phi) is 4.40. The summed E-state index contributed by atoms with van der Waals surface area (Å²) in [4.78, 5) is 0. The van der Waals surface area contributed by atoms with Crippen molar-refractivity contribution in [3.05, 3.63) is 23.8 Å². The number of aromatic nitrogens is 4. The van der Waals surface area contributed by atoms with E-state index in [1.165, 1.54) is 0 Å². The lowest BCUT2D eigenvalue weighted by Crippen LogP contribution is -2.09. The summed E-state index contributed by atoms with van der Waals surface area (Å²) in [6.07, 6.45) is 2.56. The monoisotopic (exact) mass is 306 g/mol. The van der Waals surface area contributed by atoms with Gasteiger partial charge in [-0.3, -0.25) is 0 Å². The highest BCUT2D eigenvalue weighted by atomic mass is 32.2. The van der Waals surface area contributed by atoms with Gasteiger partial charge in [0.1, 0.15) is 11.4 Å². The van der Waals surface area contributed by atoms with Crippen molar-refractivity contribution >= 4 is 11.8 Å². The van der Waals surface area contributed by atoms with Crippen molar-refractivity contribution in [1.82, 2.24) is 20.2 Å². The number of benzene rings is 1. The molecule has 7 heteroatoms. The smallest absolute Gasteiger partial charge is 0.214 e. The van der Waals surface area contributed by atoms with Crippen molar-refractivity contribution in [3.63, 3.8) is 0 Å². The van der Waals surface area contributed by atoms with Gasteiger partial charge >= 0.3 is 0 Å². The second-order valence-corrected chi connectivity index (χ2v) is 5.98. The van der Waals surface area contributed by atoms with Crippen LogP contribution in [0.15, 0.2) is 23.4 Å². The minimum Gasteiger partial charge on any atom is -0.494 e. The lowest BCUT2D eigenvalue weighted by Gasteiger charge is -2.11. The SMILES string of the molecule is COc1ccc(C)cc1-n1nnnc1SC[C@@H]1CCCO1. The summed E-state index contributed by atoms with van der Waals surface area (Å²) >= 11 is 1.62. The summed E-state index contributed by atoms with van der Waals surface area (Å²) in [5.41, 5.74) is 1.99. The van der Waals surface area contributed by atoms with E-state index in [2.05, 4.69) is 15.5 Å². The predicted octanol–water partition coefficient (Wildman–Crippen LogP) is 2.25. The number of hydrogen-bond acceptors (Lipinski definition) is 6. The zero-order valence-electron chi connectivity index (χ0n) is 12.2. The van der Waals surface area contributed by atoms with Gasteiger partial charge in [-0.25, -0.2) is 0 Å². The van der Waals surface area contributed by atoms with Crippen LogP contribution in [0, 0.1) is 6.92 Å². The zero-order chi connectivity index (χ0) is 14.7. The van der Waals surface area contributed by atoms with Crippen LogP contribution >= 0.6 is 11.8 Å². The zero-order valence-corrected chi connectivity index (χ0v) is 13.0. The molecule has 3 rings (SSSR count).